The topological polar surface area (TPSA) is 123 Å². The minimum absolute atomic E-state index is 0.0158. The summed E-state index contributed by atoms with van der Waals surface area (Å²) < 4.78 is 68.4. The summed E-state index contributed by atoms with van der Waals surface area (Å²) in [5.41, 5.74) is 1.19. The van der Waals surface area contributed by atoms with E-state index >= 15 is 0 Å². The third-order valence-corrected chi connectivity index (χ3v) is 9.44. The lowest BCUT2D eigenvalue weighted by Gasteiger charge is -2.32. The van der Waals surface area contributed by atoms with Crippen LogP contribution in [-0.2, 0) is 26.6 Å². The number of benzene rings is 2. The number of pyridine rings is 1. The quantitative estimate of drug-likeness (QED) is 0.264. The number of fused-ring (bicyclic) bond motifs is 2. The number of hydrogen-bond acceptors (Lipinski definition) is 7. The molecule has 0 saturated carbocycles. The van der Waals surface area contributed by atoms with Crippen LogP contribution < -0.4 is 4.72 Å². The maximum atomic E-state index is 13.8. The van der Waals surface area contributed by atoms with Gasteiger partial charge in [0, 0.05) is 42.8 Å². The number of hydrogen-bond donors (Lipinski definition) is 1. The van der Waals surface area contributed by atoms with Gasteiger partial charge in [-0.3, -0.25) is 4.98 Å². The highest BCUT2D eigenvalue weighted by molar-refractivity contribution is 7.89. The van der Waals surface area contributed by atoms with Crippen LogP contribution in [0.3, 0.4) is 0 Å². The average molecular weight is 554 g/mol. The van der Waals surface area contributed by atoms with Crippen molar-refractivity contribution in [3.05, 3.63) is 91.1 Å². The van der Waals surface area contributed by atoms with E-state index in [1.165, 1.54) is 29.0 Å². The molecule has 0 spiro atoms. The Morgan fingerprint density at radius 3 is 2.03 bits per heavy atom. The molecule has 0 aliphatic carbocycles. The van der Waals surface area contributed by atoms with E-state index < -0.39 is 25.5 Å². The van der Waals surface area contributed by atoms with Gasteiger partial charge in [-0.2, -0.15) is 4.31 Å². The maximum absolute atomic E-state index is 13.8. The van der Waals surface area contributed by atoms with E-state index in [0.717, 1.165) is 5.56 Å². The second-order valence-corrected chi connectivity index (χ2v) is 13.6. The molecule has 0 amide bonds. The Morgan fingerprint density at radius 1 is 0.816 bits per heavy atom. The third-order valence-electron chi connectivity index (χ3n) is 6.25. The van der Waals surface area contributed by atoms with Crippen molar-refractivity contribution in [2.45, 2.75) is 30.2 Å². The molecule has 0 bridgehead atoms. The molecule has 0 radical (unpaired) electrons. The summed E-state index contributed by atoms with van der Waals surface area (Å²) >= 11 is 0. The van der Waals surface area contributed by atoms with Gasteiger partial charge >= 0.3 is 0 Å². The zero-order chi connectivity index (χ0) is 27.0. The summed E-state index contributed by atoms with van der Waals surface area (Å²) in [7, 11) is -7.78. The molecule has 0 aliphatic heterocycles. The molecular weight excluding hydrogens is 526 g/mol. The van der Waals surface area contributed by atoms with Crippen LogP contribution in [0.5, 0.6) is 0 Å². The van der Waals surface area contributed by atoms with Crippen molar-refractivity contribution in [2.75, 3.05) is 13.1 Å². The van der Waals surface area contributed by atoms with Crippen molar-refractivity contribution in [1.82, 2.24) is 14.0 Å². The smallest absolute Gasteiger partial charge is 0.243 e. The van der Waals surface area contributed by atoms with Crippen molar-refractivity contribution < 1.29 is 25.7 Å². The third kappa shape index (κ3) is 5.51. The Balaban J connectivity index is 1.39. The maximum Gasteiger partial charge on any atom is 0.243 e. The lowest BCUT2D eigenvalue weighted by Crippen LogP contribution is -2.44. The van der Waals surface area contributed by atoms with Gasteiger partial charge in [0.25, 0.3) is 0 Å². The summed E-state index contributed by atoms with van der Waals surface area (Å²) in [6, 6.07) is 16.3. The molecule has 0 atom stereocenters. The van der Waals surface area contributed by atoms with Gasteiger partial charge in [-0.1, -0.05) is 13.8 Å². The van der Waals surface area contributed by atoms with Crippen molar-refractivity contribution in [3.63, 3.8) is 0 Å². The first-order valence-electron chi connectivity index (χ1n) is 11.9. The number of nitrogens with one attached hydrogen (secondary N) is 1. The zero-order valence-electron chi connectivity index (χ0n) is 20.9. The Kier molecular flexibility index (Phi) is 6.86. The summed E-state index contributed by atoms with van der Waals surface area (Å²) in [6.07, 6.45) is 6.22. The molecule has 1 N–H and O–H groups in total. The van der Waals surface area contributed by atoms with Gasteiger partial charge in [0.15, 0.2) is 0 Å². The van der Waals surface area contributed by atoms with Crippen molar-refractivity contribution in [2.24, 2.45) is 5.41 Å². The monoisotopic (exact) mass is 553 g/mol. The minimum atomic E-state index is -3.94. The Bertz CT molecular complexity index is 1790. The highest BCUT2D eigenvalue weighted by Crippen LogP contribution is 2.28. The summed E-state index contributed by atoms with van der Waals surface area (Å²) in [6.45, 7) is 3.82. The Hall–Kier alpha value is -3.51. The Morgan fingerprint density at radius 2 is 1.39 bits per heavy atom. The van der Waals surface area contributed by atoms with Crippen molar-refractivity contribution in [1.29, 1.82) is 0 Å². The van der Waals surface area contributed by atoms with Crippen LogP contribution in [0.1, 0.15) is 19.4 Å². The van der Waals surface area contributed by atoms with Gasteiger partial charge in [-0.05, 0) is 71.6 Å². The highest BCUT2D eigenvalue weighted by atomic mass is 32.2. The zero-order valence-corrected chi connectivity index (χ0v) is 22.5. The number of aromatic nitrogens is 1. The number of sulfonamides is 2. The van der Waals surface area contributed by atoms with Gasteiger partial charge in [-0.15, -0.1) is 0 Å². The largest absolute Gasteiger partial charge is 0.464 e. The van der Waals surface area contributed by atoms with E-state index in [9.17, 15) is 16.8 Å². The first-order chi connectivity index (χ1) is 18.0. The summed E-state index contributed by atoms with van der Waals surface area (Å²) in [4.78, 5) is 4.25. The molecule has 0 unspecified atom stereocenters. The van der Waals surface area contributed by atoms with Crippen molar-refractivity contribution >= 4 is 42.0 Å². The van der Waals surface area contributed by atoms with Crippen LogP contribution in [0, 0.1) is 5.41 Å². The second-order valence-electron chi connectivity index (χ2n) is 9.86. The SMILES string of the molecule is CC(C)(CNS(=O)(=O)c1ccc2occc2c1)CN(Cc1ccncc1)S(=O)(=O)c1ccc2occc2c1. The van der Waals surface area contributed by atoms with Crippen LogP contribution in [0.25, 0.3) is 21.9 Å². The fourth-order valence-electron chi connectivity index (χ4n) is 4.19. The molecule has 5 aromatic rings. The summed E-state index contributed by atoms with van der Waals surface area (Å²) in [5, 5.41) is 1.35. The fraction of sp³-hybridized carbons (Fsp3) is 0.222. The molecule has 3 aromatic heterocycles. The van der Waals surface area contributed by atoms with Gasteiger partial charge in [0.2, 0.25) is 20.0 Å². The van der Waals surface area contributed by atoms with Crippen LogP contribution in [-0.4, -0.2) is 39.2 Å². The normalized spacial score (nSPS) is 13.0. The van der Waals surface area contributed by atoms with Gasteiger partial charge in [0.1, 0.15) is 11.2 Å². The highest BCUT2D eigenvalue weighted by Gasteiger charge is 2.32. The molecule has 2 aromatic carbocycles. The van der Waals surface area contributed by atoms with E-state index in [2.05, 4.69) is 9.71 Å². The van der Waals surface area contributed by atoms with E-state index in [0.29, 0.717) is 21.9 Å². The molecule has 3 heterocycles. The van der Waals surface area contributed by atoms with Crippen LogP contribution >= 0.6 is 0 Å². The fourth-order valence-corrected chi connectivity index (χ4v) is 7.12. The van der Waals surface area contributed by atoms with Gasteiger partial charge in [0.05, 0.1) is 22.3 Å². The first kappa shape index (κ1) is 26.1. The lowest BCUT2D eigenvalue weighted by molar-refractivity contribution is 0.255. The summed E-state index contributed by atoms with van der Waals surface area (Å²) in [5.74, 6) is 0. The molecule has 5 rings (SSSR count). The van der Waals surface area contributed by atoms with Gasteiger partial charge in [-0.25, -0.2) is 21.6 Å². The molecule has 38 heavy (non-hydrogen) atoms. The number of nitrogens with zero attached hydrogens (tertiary/aromatic N) is 2. The second kappa shape index (κ2) is 9.99. The molecule has 0 saturated heterocycles. The first-order valence-corrected chi connectivity index (χ1v) is 14.8. The molecule has 0 fully saturated rings. The van der Waals surface area contributed by atoms with Crippen LogP contribution in [0.2, 0.25) is 0 Å². The van der Waals surface area contributed by atoms with E-state index in [1.54, 1.807) is 60.9 Å². The van der Waals surface area contributed by atoms with Crippen LogP contribution in [0.15, 0.2) is 104 Å². The lowest BCUT2D eigenvalue weighted by atomic mass is 9.94. The molecule has 11 heteroatoms. The number of rotatable bonds is 10. The van der Waals surface area contributed by atoms with E-state index in [1.807, 2.05) is 13.8 Å². The minimum Gasteiger partial charge on any atom is -0.464 e. The van der Waals surface area contributed by atoms with Crippen LogP contribution in [0.4, 0.5) is 0 Å². The average Bonchev–Trinajstić information content (AvgIpc) is 3.56. The molecule has 198 valence electrons. The molecule has 9 nitrogen and oxygen atoms in total. The van der Waals surface area contributed by atoms with E-state index in [4.69, 9.17) is 8.83 Å². The predicted molar refractivity (Wildman–Crippen MR) is 143 cm³/mol. The molecular formula is C27H27N3O6S2. The predicted octanol–water partition coefficient (Wildman–Crippen LogP) is 4.77. The Labute approximate surface area is 221 Å². The standard InChI is InChI=1S/C27H27N3O6S2/c1-27(2,18-29-37(31,32)23-3-5-25-21(15-23)9-13-35-25)19-30(17-20-7-11-28-12-8-20)38(33,34)24-4-6-26-22(16-24)10-14-36-26/h3-16,29H,17-19H2,1-2H3. The van der Waals surface area contributed by atoms with E-state index in [-0.39, 0.29) is 29.4 Å². The van der Waals surface area contributed by atoms with Crippen molar-refractivity contribution in [3.8, 4) is 0 Å². The molecule has 0 aliphatic rings. The number of furan rings is 2. The van der Waals surface area contributed by atoms with Gasteiger partial charge < -0.3 is 8.83 Å².